The summed E-state index contributed by atoms with van der Waals surface area (Å²) in [5, 5.41) is 2.68. The van der Waals surface area contributed by atoms with Gasteiger partial charge in [0.1, 0.15) is 11.3 Å². The molecule has 1 N–H and O–H groups in total. The van der Waals surface area contributed by atoms with Crippen molar-refractivity contribution in [3.63, 3.8) is 0 Å². The van der Waals surface area contributed by atoms with E-state index in [9.17, 15) is 9.59 Å². The van der Waals surface area contributed by atoms with Crippen LogP contribution in [0.15, 0.2) is 40.3 Å². The number of thioether (sulfide) groups is 2. The van der Waals surface area contributed by atoms with Crippen LogP contribution in [0, 0.1) is 0 Å². The number of carbonyl (C=O) groups is 2. The van der Waals surface area contributed by atoms with Crippen molar-refractivity contribution in [2.75, 3.05) is 12.5 Å². The summed E-state index contributed by atoms with van der Waals surface area (Å²) in [7, 11) is 0. The molecule has 0 aliphatic carbocycles. The number of hydrogen-bond donors (Lipinski definition) is 1. The molecule has 0 bridgehead atoms. The predicted octanol–water partition coefficient (Wildman–Crippen LogP) is 3.65. The van der Waals surface area contributed by atoms with Gasteiger partial charge in [0, 0.05) is 5.56 Å². The Hall–Kier alpha value is -1.40. The molecule has 4 nitrogen and oxygen atoms in total. The highest BCUT2D eigenvalue weighted by Crippen LogP contribution is 2.28. The van der Waals surface area contributed by atoms with Gasteiger partial charge < -0.3 is 10.1 Å². The summed E-state index contributed by atoms with van der Waals surface area (Å²) in [6.07, 6.45) is 3.70. The lowest BCUT2D eigenvalue weighted by Crippen LogP contribution is -2.33. The van der Waals surface area contributed by atoms with E-state index in [1.807, 2.05) is 18.6 Å². The largest absolute Gasteiger partial charge is 0.455 e. The topological polar surface area (TPSA) is 55.4 Å². The third kappa shape index (κ3) is 5.77. The zero-order chi connectivity index (χ0) is 16.8. The lowest BCUT2D eigenvalue weighted by Gasteiger charge is -2.21. The molecule has 0 aliphatic heterocycles. The van der Waals surface area contributed by atoms with Gasteiger partial charge in [-0.2, -0.15) is 0 Å². The summed E-state index contributed by atoms with van der Waals surface area (Å²) in [4.78, 5) is 24.7. The number of rotatable bonds is 5. The smallest absolute Gasteiger partial charge is 0.357 e. The van der Waals surface area contributed by atoms with Crippen LogP contribution in [-0.4, -0.2) is 30.0 Å². The van der Waals surface area contributed by atoms with Gasteiger partial charge in [0.2, 0.25) is 0 Å². The number of esters is 1. The van der Waals surface area contributed by atoms with Crippen LogP contribution in [0.25, 0.3) is 0 Å². The molecule has 0 saturated carbocycles. The number of benzene rings is 1. The second-order valence-corrected chi connectivity index (χ2v) is 7.28. The van der Waals surface area contributed by atoms with Crippen molar-refractivity contribution < 1.29 is 14.3 Å². The van der Waals surface area contributed by atoms with E-state index in [0.29, 0.717) is 9.80 Å². The molecule has 22 heavy (non-hydrogen) atoms. The molecule has 0 fully saturated rings. The minimum atomic E-state index is -0.623. The molecule has 0 aromatic heterocycles. The Morgan fingerprint density at radius 2 is 1.59 bits per heavy atom. The minimum Gasteiger partial charge on any atom is -0.455 e. The standard InChI is InChI=1S/C16H21NO3S2/c1-16(2,3)20-14(19)12(15(21-4)22-5)17-13(18)11-9-7-6-8-10-11/h6-10H,1-5H3,(H,17,18). The van der Waals surface area contributed by atoms with E-state index in [-0.39, 0.29) is 11.6 Å². The molecular formula is C16H21NO3S2. The number of amides is 1. The highest BCUT2D eigenvalue weighted by molar-refractivity contribution is 8.21. The first-order valence-corrected chi connectivity index (χ1v) is 9.15. The van der Waals surface area contributed by atoms with E-state index >= 15 is 0 Å². The molecule has 1 rings (SSSR count). The first-order chi connectivity index (χ1) is 10.3. The fourth-order valence-corrected chi connectivity index (χ4v) is 2.92. The highest BCUT2D eigenvalue weighted by atomic mass is 32.2. The Morgan fingerprint density at radius 1 is 1.05 bits per heavy atom. The average Bonchev–Trinajstić information content (AvgIpc) is 2.46. The fourth-order valence-electron chi connectivity index (χ4n) is 1.58. The Kier molecular flexibility index (Phi) is 7.03. The molecule has 0 radical (unpaired) electrons. The number of nitrogens with one attached hydrogen (secondary N) is 1. The van der Waals surface area contributed by atoms with Gasteiger partial charge in [0.25, 0.3) is 5.91 Å². The van der Waals surface area contributed by atoms with Crippen LogP contribution in [0.4, 0.5) is 0 Å². The van der Waals surface area contributed by atoms with E-state index in [0.717, 1.165) is 0 Å². The van der Waals surface area contributed by atoms with Crippen molar-refractivity contribution in [2.24, 2.45) is 0 Å². The van der Waals surface area contributed by atoms with Crippen molar-refractivity contribution in [1.29, 1.82) is 0 Å². The SMILES string of the molecule is CSC(SC)=C(NC(=O)c1ccccc1)C(=O)OC(C)(C)C. The Morgan fingerprint density at radius 3 is 2.05 bits per heavy atom. The summed E-state index contributed by atoms with van der Waals surface area (Å²) in [6.45, 7) is 5.37. The average molecular weight is 339 g/mol. The van der Waals surface area contributed by atoms with Crippen LogP contribution >= 0.6 is 23.5 Å². The van der Waals surface area contributed by atoms with Crippen LogP contribution in [0.2, 0.25) is 0 Å². The van der Waals surface area contributed by atoms with Crippen molar-refractivity contribution in [1.82, 2.24) is 5.32 Å². The zero-order valence-electron chi connectivity index (χ0n) is 13.4. The van der Waals surface area contributed by atoms with Crippen LogP contribution in [0.3, 0.4) is 0 Å². The summed E-state index contributed by atoms with van der Waals surface area (Å²) < 4.78 is 6.09. The quantitative estimate of drug-likeness (QED) is 0.655. The third-order valence-corrected chi connectivity index (χ3v) is 4.60. The first kappa shape index (κ1) is 18.6. The molecule has 1 amide bonds. The third-order valence-electron chi connectivity index (χ3n) is 2.45. The Balaban J connectivity index is 3.05. The fraction of sp³-hybridized carbons (Fsp3) is 0.375. The minimum absolute atomic E-state index is 0.184. The maximum absolute atomic E-state index is 12.4. The highest BCUT2D eigenvalue weighted by Gasteiger charge is 2.24. The number of hydrogen-bond acceptors (Lipinski definition) is 5. The van der Waals surface area contributed by atoms with Gasteiger partial charge in [-0.15, -0.1) is 23.5 Å². The van der Waals surface area contributed by atoms with E-state index in [1.54, 1.807) is 45.0 Å². The maximum atomic E-state index is 12.4. The lowest BCUT2D eigenvalue weighted by atomic mass is 10.2. The maximum Gasteiger partial charge on any atom is 0.357 e. The van der Waals surface area contributed by atoms with Gasteiger partial charge in [-0.1, -0.05) is 18.2 Å². The van der Waals surface area contributed by atoms with E-state index in [1.165, 1.54) is 23.5 Å². The van der Waals surface area contributed by atoms with E-state index in [4.69, 9.17) is 4.74 Å². The summed E-state index contributed by atoms with van der Waals surface area (Å²) >= 11 is 2.79. The van der Waals surface area contributed by atoms with Crippen molar-refractivity contribution in [2.45, 2.75) is 26.4 Å². The number of carbonyl (C=O) groups excluding carboxylic acids is 2. The lowest BCUT2D eigenvalue weighted by molar-refractivity contribution is -0.150. The molecule has 6 heteroatoms. The summed E-state index contributed by atoms with van der Waals surface area (Å²) in [5.41, 5.74) is 0.0516. The summed E-state index contributed by atoms with van der Waals surface area (Å²) in [6, 6.07) is 8.77. The molecule has 0 atom stereocenters. The van der Waals surface area contributed by atoms with Gasteiger partial charge in [-0.25, -0.2) is 4.79 Å². The van der Waals surface area contributed by atoms with Gasteiger partial charge in [-0.3, -0.25) is 4.79 Å². The van der Waals surface area contributed by atoms with E-state index < -0.39 is 11.6 Å². The van der Waals surface area contributed by atoms with Gasteiger partial charge in [0.05, 0.1) is 4.24 Å². The summed E-state index contributed by atoms with van der Waals surface area (Å²) in [5.74, 6) is -0.863. The normalized spacial score (nSPS) is 10.8. The monoisotopic (exact) mass is 339 g/mol. The molecule has 1 aromatic carbocycles. The zero-order valence-corrected chi connectivity index (χ0v) is 15.1. The predicted molar refractivity (Wildman–Crippen MR) is 93.8 cm³/mol. The number of ether oxygens (including phenoxy) is 1. The molecule has 1 aromatic rings. The Labute approximate surface area is 140 Å². The van der Waals surface area contributed by atoms with Crippen molar-refractivity contribution in [3.8, 4) is 0 Å². The van der Waals surface area contributed by atoms with Crippen molar-refractivity contribution in [3.05, 3.63) is 45.8 Å². The van der Waals surface area contributed by atoms with Crippen LogP contribution in [0.5, 0.6) is 0 Å². The van der Waals surface area contributed by atoms with Gasteiger partial charge in [0.15, 0.2) is 0 Å². The molecule has 0 heterocycles. The second kappa shape index (κ2) is 8.29. The molecule has 0 aliphatic rings. The second-order valence-electron chi connectivity index (χ2n) is 5.39. The van der Waals surface area contributed by atoms with Gasteiger partial charge >= 0.3 is 5.97 Å². The molecule has 0 spiro atoms. The Bertz CT molecular complexity index is 557. The van der Waals surface area contributed by atoms with Crippen LogP contribution in [0.1, 0.15) is 31.1 Å². The molecule has 0 unspecified atom stereocenters. The van der Waals surface area contributed by atoms with E-state index in [2.05, 4.69) is 5.32 Å². The van der Waals surface area contributed by atoms with Crippen LogP contribution < -0.4 is 5.32 Å². The molecular weight excluding hydrogens is 318 g/mol. The first-order valence-electron chi connectivity index (χ1n) is 6.70. The molecule has 0 saturated heterocycles. The molecule has 120 valence electrons. The van der Waals surface area contributed by atoms with Gasteiger partial charge in [-0.05, 0) is 45.4 Å². The van der Waals surface area contributed by atoms with Crippen LogP contribution in [-0.2, 0) is 9.53 Å². The van der Waals surface area contributed by atoms with Crippen molar-refractivity contribution >= 4 is 35.4 Å².